The zero-order valence-electron chi connectivity index (χ0n) is 13.7. The molecule has 6 nitrogen and oxygen atoms in total. The van der Waals surface area contributed by atoms with Crippen molar-refractivity contribution in [3.63, 3.8) is 0 Å². The van der Waals surface area contributed by atoms with Crippen LogP contribution in [0.4, 0.5) is 0 Å². The van der Waals surface area contributed by atoms with E-state index in [0.717, 1.165) is 31.4 Å². The molecule has 0 saturated carbocycles. The third-order valence-corrected chi connectivity index (χ3v) is 4.87. The third-order valence-electron chi connectivity index (χ3n) is 4.87. The van der Waals surface area contributed by atoms with Gasteiger partial charge in [0.1, 0.15) is 0 Å². The van der Waals surface area contributed by atoms with Crippen molar-refractivity contribution in [2.24, 2.45) is 11.7 Å². The summed E-state index contributed by atoms with van der Waals surface area (Å²) in [5.41, 5.74) is 6.91. The lowest BCUT2D eigenvalue weighted by atomic mass is 9.97. The monoisotopic (exact) mass is 329 g/mol. The van der Waals surface area contributed by atoms with Crippen LogP contribution in [0.15, 0.2) is 24.3 Å². The number of hydrogen-bond donors (Lipinski definition) is 1. The molecule has 6 heteroatoms. The second kappa shape index (κ2) is 7.03. The minimum atomic E-state index is -0.421. The van der Waals surface area contributed by atoms with E-state index < -0.39 is 5.91 Å². The molecule has 1 aromatic carbocycles. The van der Waals surface area contributed by atoms with E-state index in [1.54, 1.807) is 11.0 Å². The van der Waals surface area contributed by atoms with Gasteiger partial charge < -0.3 is 15.5 Å². The predicted molar refractivity (Wildman–Crippen MR) is 89.2 cm³/mol. The maximum Gasteiger partial charge on any atom is 0.248 e. The van der Waals surface area contributed by atoms with E-state index in [4.69, 9.17) is 5.73 Å². The Hall–Kier alpha value is -2.37. The van der Waals surface area contributed by atoms with E-state index >= 15 is 0 Å². The molecule has 2 saturated heterocycles. The SMILES string of the molecule is NC(=O)c1cccc(C[C@@H]2CCN(C(=O)CN3CCCC3=O)C2)c1. The molecule has 0 aromatic heterocycles. The van der Waals surface area contributed by atoms with E-state index in [0.29, 0.717) is 31.0 Å². The normalized spacial score (nSPS) is 20.7. The number of primary amides is 1. The van der Waals surface area contributed by atoms with Gasteiger partial charge in [-0.05, 0) is 42.9 Å². The molecule has 3 amide bonds. The first-order valence-electron chi connectivity index (χ1n) is 8.47. The summed E-state index contributed by atoms with van der Waals surface area (Å²) >= 11 is 0. The van der Waals surface area contributed by atoms with E-state index in [1.165, 1.54) is 0 Å². The number of rotatable bonds is 5. The van der Waals surface area contributed by atoms with Crippen LogP contribution in [0, 0.1) is 5.92 Å². The van der Waals surface area contributed by atoms with Crippen LogP contribution < -0.4 is 5.73 Å². The highest BCUT2D eigenvalue weighted by atomic mass is 16.2. The minimum absolute atomic E-state index is 0.0404. The maximum atomic E-state index is 12.4. The molecule has 24 heavy (non-hydrogen) atoms. The molecule has 0 radical (unpaired) electrons. The lowest BCUT2D eigenvalue weighted by molar-refractivity contribution is -0.137. The number of likely N-dealkylation sites (tertiary alicyclic amines) is 2. The molecule has 2 aliphatic rings. The van der Waals surface area contributed by atoms with Crippen LogP contribution in [0.25, 0.3) is 0 Å². The first-order chi connectivity index (χ1) is 11.5. The lowest BCUT2D eigenvalue weighted by Crippen LogP contribution is -2.39. The van der Waals surface area contributed by atoms with Gasteiger partial charge in [0.2, 0.25) is 17.7 Å². The summed E-state index contributed by atoms with van der Waals surface area (Å²) in [6.07, 6.45) is 3.19. The smallest absolute Gasteiger partial charge is 0.248 e. The van der Waals surface area contributed by atoms with Gasteiger partial charge >= 0.3 is 0 Å². The molecule has 2 heterocycles. The highest BCUT2D eigenvalue weighted by Crippen LogP contribution is 2.22. The van der Waals surface area contributed by atoms with Gasteiger partial charge in [-0.15, -0.1) is 0 Å². The summed E-state index contributed by atoms with van der Waals surface area (Å²) in [6, 6.07) is 7.37. The van der Waals surface area contributed by atoms with E-state index in [9.17, 15) is 14.4 Å². The fraction of sp³-hybridized carbons (Fsp3) is 0.500. The zero-order valence-corrected chi connectivity index (χ0v) is 13.7. The van der Waals surface area contributed by atoms with Gasteiger partial charge in [-0.3, -0.25) is 14.4 Å². The van der Waals surface area contributed by atoms with Crippen LogP contribution >= 0.6 is 0 Å². The number of nitrogens with zero attached hydrogens (tertiary/aromatic N) is 2. The van der Waals surface area contributed by atoms with Gasteiger partial charge in [-0.2, -0.15) is 0 Å². The molecular formula is C18H23N3O3. The molecule has 0 aliphatic carbocycles. The van der Waals surface area contributed by atoms with Gasteiger partial charge in [0.25, 0.3) is 0 Å². The Kier molecular flexibility index (Phi) is 4.83. The molecule has 2 aliphatic heterocycles. The molecule has 1 aromatic rings. The molecular weight excluding hydrogens is 306 g/mol. The molecule has 2 N–H and O–H groups in total. The summed E-state index contributed by atoms with van der Waals surface area (Å²) in [4.78, 5) is 38.8. The van der Waals surface area contributed by atoms with E-state index in [2.05, 4.69) is 0 Å². The number of carbonyl (C=O) groups excluding carboxylic acids is 3. The van der Waals surface area contributed by atoms with Crippen molar-refractivity contribution in [1.29, 1.82) is 0 Å². The molecule has 0 unspecified atom stereocenters. The number of benzene rings is 1. The summed E-state index contributed by atoms with van der Waals surface area (Å²) in [5.74, 6) is 0.0858. The molecule has 0 bridgehead atoms. The molecule has 128 valence electrons. The van der Waals surface area contributed by atoms with Crippen LogP contribution in [-0.4, -0.2) is 53.7 Å². The summed E-state index contributed by atoms with van der Waals surface area (Å²) in [7, 11) is 0. The van der Waals surface area contributed by atoms with Gasteiger partial charge in [0, 0.05) is 31.6 Å². The Morgan fingerprint density at radius 3 is 2.79 bits per heavy atom. The lowest BCUT2D eigenvalue weighted by Gasteiger charge is -2.21. The fourth-order valence-corrected chi connectivity index (χ4v) is 3.55. The van der Waals surface area contributed by atoms with Crippen LogP contribution in [0.1, 0.15) is 35.2 Å². The summed E-state index contributed by atoms with van der Waals surface area (Å²) in [5, 5.41) is 0. The van der Waals surface area contributed by atoms with Crippen molar-refractivity contribution in [1.82, 2.24) is 9.80 Å². The average Bonchev–Trinajstić information content (AvgIpc) is 3.17. The van der Waals surface area contributed by atoms with Crippen LogP contribution in [0.2, 0.25) is 0 Å². The third kappa shape index (κ3) is 3.75. The first kappa shape index (κ1) is 16.5. The number of amides is 3. The second-order valence-electron chi connectivity index (χ2n) is 6.68. The first-order valence-corrected chi connectivity index (χ1v) is 8.47. The van der Waals surface area contributed by atoms with E-state index in [1.807, 2.05) is 23.1 Å². The molecule has 2 fully saturated rings. The summed E-state index contributed by atoms with van der Waals surface area (Å²) in [6.45, 7) is 2.35. The van der Waals surface area contributed by atoms with Crippen LogP contribution in [0.5, 0.6) is 0 Å². The number of nitrogens with two attached hydrogens (primary N) is 1. The van der Waals surface area contributed by atoms with Crippen molar-refractivity contribution in [2.75, 3.05) is 26.2 Å². The average molecular weight is 329 g/mol. The Morgan fingerprint density at radius 2 is 2.08 bits per heavy atom. The van der Waals surface area contributed by atoms with Crippen molar-refractivity contribution in [3.05, 3.63) is 35.4 Å². The highest BCUT2D eigenvalue weighted by Gasteiger charge is 2.29. The van der Waals surface area contributed by atoms with Gasteiger partial charge in [-0.25, -0.2) is 0 Å². The standard InChI is InChI=1S/C18H23N3O3/c19-18(24)15-4-1-3-13(10-15)9-14-6-8-21(11-14)17(23)12-20-7-2-5-16(20)22/h1,3-4,10,14H,2,5-9,11-12H2,(H2,19,24)/t14-/m0/s1. The largest absolute Gasteiger partial charge is 0.366 e. The van der Waals surface area contributed by atoms with Crippen molar-refractivity contribution < 1.29 is 14.4 Å². The van der Waals surface area contributed by atoms with Gasteiger partial charge in [0.05, 0.1) is 6.54 Å². The highest BCUT2D eigenvalue weighted by molar-refractivity contribution is 5.92. The van der Waals surface area contributed by atoms with Crippen molar-refractivity contribution in [2.45, 2.75) is 25.7 Å². The van der Waals surface area contributed by atoms with Crippen molar-refractivity contribution >= 4 is 17.7 Å². The van der Waals surface area contributed by atoms with Gasteiger partial charge in [-0.1, -0.05) is 12.1 Å². The Balaban J connectivity index is 1.53. The molecule has 0 spiro atoms. The maximum absolute atomic E-state index is 12.4. The molecule has 1 atom stereocenters. The van der Waals surface area contributed by atoms with Crippen LogP contribution in [0.3, 0.4) is 0 Å². The molecule has 3 rings (SSSR count). The second-order valence-corrected chi connectivity index (χ2v) is 6.68. The van der Waals surface area contributed by atoms with Gasteiger partial charge in [0.15, 0.2) is 0 Å². The predicted octanol–water partition coefficient (Wildman–Crippen LogP) is 0.799. The Bertz CT molecular complexity index is 659. The van der Waals surface area contributed by atoms with Crippen molar-refractivity contribution in [3.8, 4) is 0 Å². The van der Waals surface area contributed by atoms with E-state index in [-0.39, 0.29) is 18.4 Å². The Labute approximate surface area is 141 Å². The number of hydrogen-bond acceptors (Lipinski definition) is 3. The topological polar surface area (TPSA) is 83.7 Å². The Morgan fingerprint density at radius 1 is 1.25 bits per heavy atom. The van der Waals surface area contributed by atoms with Crippen LogP contribution in [-0.2, 0) is 16.0 Å². The number of carbonyl (C=O) groups is 3. The minimum Gasteiger partial charge on any atom is -0.366 e. The summed E-state index contributed by atoms with van der Waals surface area (Å²) < 4.78 is 0. The zero-order chi connectivity index (χ0) is 17.1. The fourth-order valence-electron chi connectivity index (χ4n) is 3.55. The quantitative estimate of drug-likeness (QED) is 0.867.